The van der Waals surface area contributed by atoms with Gasteiger partial charge in [0.25, 0.3) is 0 Å². The first-order valence-electron chi connectivity index (χ1n) is 6.88. The van der Waals surface area contributed by atoms with Crippen LogP contribution in [-0.2, 0) is 9.53 Å². The molecule has 3 atom stereocenters. The number of nitrogens with zero attached hydrogens (tertiary/aromatic N) is 2. The first-order valence-corrected chi connectivity index (χ1v) is 6.88. The highest BCUT2D eigenvalue weighted by Gasteiger charge is 2.22. The topological polar surface area (TPSA) is 80.5 Å². The lowest BCUT2D eigenvalue weighted by molar-refractivity contribution is -0.117. The number of anilines is 2. The van der Waals surface area contributed by atoms with Crippen molar-refractivity contribution in [3.63, 3.8) is 0 Å². The van der Waals surface area contributed by atoms with Crippen molar-refractivity contribution in [1.82, 2.24) is 4.98 Å². The van der Waals surface area contributed by atoms with Gasteiger partial charge in [0.15, 0.2) is 0 Å². The van der Waals surface area contributed by atoms with Crippen molar-refractivity contribution < 1.29 is 9.53 Å². The number of carbonyl (C=O) groups excluding carboxylic acids is 1. The summed E-state index contributed by atoms with van der Waals surface area (Å²) in [7, 11) is 0. The maximum absolute atomic E-state index is 11.5. The van der Waals surface area contributed by atoms with Crippen LogP contribution < -0.4 is 16.0 Å². The maximum atomic E-state index is 11.5. The van der Waals surface area contributed by atoms with E-state index in [0.717, 1.165) is 18.8 Å². The molecule has 0 spiro atoms. The molecule has 6 nitrogen and oxygen atoms in total. The Balaban J connectivity index is 2.02. The lowest BCUT2D eigenvalue weighted by Crippen LogP contribution is -2.45. The number of aromatic nitrogens is 1. The van der Waals surface area contributed by atoms with Crippen LogP contribution in [0.5, 0.6) is 0 Å². The Hall–Kier alpha value is -1.66. The Morgan fingerprint density at radius 1 is 1.45 bits per heavy atom. The third kappa shape index (κ3) is 3.68. The summed E-state index contributed by atoms with van der Waals surface area (Å²) in [5.41, 5.74) is 6.53. The summed E-state index contributed by atoms with van der Waals surface area (Å²) in [4.78, 5) is 18.0. The molecule has 3 N–H and O–H groups in total. The van der Waals surface area contributed by atoms with Gasteiger partial charge in [-0.25, -0.2) is 4.98 Å². The fraction of sp³-hybridized carbons (Fsp3) is 0.571. The molecule has 1 aromatic heterocycles. The van der Waals surface area contributed by atoms with Crippen molar-refractivity contribution in [3.05, 3.63) is 18.3 Å². The molecule has 2 heterocycles. The van der Waals surface area contributed by atoms with Gasteiger partial charge < -0.3 is 20.7 Å². The van der Waals surface area contributed by atoms with E-state index in [0.29, 0.717) is 5.82 Å². The van der Waals surface area contributed by atoms with Crippen LogP contribution in [-0.4, -0.2) is 42.2 Å². The van der Waals surface area contributed by atoms with E-state index in [2.05, 4.69) is 29.0 Å². The summed E-state index contributed by atoms with van der Waals surface area (Å²) >= 11 is 0. The van der Waals surface area contributed by atoms with E-state index in [-0.39, 0.29) is 18.1 Å². The van der Waals surface area contributed by atoms with Crippen molar-refractivity contribution in [3.8, 4) is 0 Å². The average molecular weight is 278 g/mol. The van der Waals surface area contributed by atoms with Crippen molar-refractivity contribution >= 4 is 17.4 Å². The van der Waals surface area contributed by atoms with Crippen molar-refractivity contribution in [2.24, 2.45) is 5.73 Å². The number of ether oxygens (including phenoxy) is 1. The summed E-state index contributed by atoms with van der Waals surface area (Å²) in [6.07, 6.45) is 2.18. The number of carbonyl (C=O) groups is 1. The average Bonchev–Trinajstić information content (AvgIpc) is 2.38. The first-order chi connectivity index (χ1) is 9.45. The van der Waals surface area contributed by atoms with Gasteiger partial charge in [-0.2, -0.15) is 0 Å². The van der Waals surface area contributed by atoms with Crippen LogP contribution in [0.2, 0.25) is 0 Å². The summed E-state index contributed by atoms with van der Waals surface area (Å²) in [6.45, 7) is 7.45. The minimum Gasteiger partial charge on any atom is -0.372 e. The largest absolute Gasteiger partial charge is 0.372 e. The minimum atomic E-state index is -0.544. The van der Waals surface area contributed by atoms with E-state index in [1.807, 2.05) is 6.07 Å². The molecule has 1 aromatic rings. The third-order valence-electron chi connectivity index (χ3n) is 3.20. The molecule has 3 unspecified atom stereocenters. The molecule has 1 saturated heterocycles. The van der Waals surface area contributed by atoms with Crippen molar-refractivity contribution in [1.29, 1.82) is 0 Å². The fourth-order valence-corrected chi connectivity index (χ4v) is 2.28. The number of nitrogens with two attached hydrogens (primary N) is 1. The Morgan fingerprint density at radius 3 is 2.60 bits per heavy atom. The summed E-state index contributed by atoms with van der Waals surface area (Å²) in [6, 6.07) is 3.20. The molecule has 1 aliphatic heterocycles. The molecule has 1 aliphatic rings. The van der Waals surface area contributed by atoms with Crippen LogP contribution in [0.3, 0.4) is 0 Å². The highest BCUT2D eigenvalue weighted by molar-refractivity contribution is 5.93. The number of pyridine rings is 1. The van der Waals surface area contributed by atoms with Gasteiger partial charge in [-0.1, -0.05) is 0 Å². The number of rotatable bonds is 3. The second-order valence-corrected chi connectivity index (χ2v) is 5.34. The molecule has 2 rings (SSSR count). The Kier molecular flexibility index (Phi) is 4.57. The monoisotopic (exact) mass is 278 g/mol. The van der Waals surface area contributed by atoms with Gasteiger partial charge >= 0.3 is 0 Å². The number of hydrogen-bond donors (Lipinski definition) is 2. The normalized spacial score (nSPS) is 24.3. The molecular formula is C14H22N4O2. The highest BCUT2D eigenvalue weighted by Crippen LogP contribution is 2.20. The zero-order valence-electron chi connectivity index (χ0n) is 12.2. The number of hydrogen-bond acceptors (Lipinski definition) is 5. The van der Waals surface area contributed by atoms with Gasteiger partial charge in [0.05, 0.1) is 30.1 Å². The zero-order chi connectivity index (χ0) is 14.7. The molecule has 0 bridgehead atoms. The smallest absolute Gasteiger partial charge is 0.242 e. The minimum absolute atomic E-state index is 0.205. The molecule has 1 amide bonds. The highest BCUT2D eigenvalue weighted by atomic mass is 16.5. The summed E-state index contributed by atoms with van der Waals surface area (Å²) in [5, 5.41) is 2.67. The standard InChI is InChI=1S/C14H22N4O2/c1-9-7-18(8-10(2)20-9)12-4-5-13(16-6-12)17-14(19)11(3)15/h4-6,9-11H,7-8,15H2,1-3H3,(H,16,17,19). The van der Waals surface area contributed by atoms with Crippen LogP contribution in [0.1, 0.15) is 20.8 Å². The van der Waals surface area contributed by atoms with Gasteiger partial charge in [-0.3, -0.25) is 4.79 Å². The van der Waals surface area contributed by atoms with Gasteiger partial charge in [0.2, 0.25) is 5.91 Å². The number of nitrogens with one attached hydrogen (secondary N) is 1. The fourth-order valence-electron chi connectivity index (χ4n) is 2.28. The van der Waals surface area contributed by atoms with Crippen LogP contribution in [0.4, 0.5) is 11.5 Å². The van der Waals surface area contributed by atoms with E-state index in [9.17, 15) is 4.79 Å². The summed E-state index contributed by atoms with van der Waals surface area (Å²) < 4.78 is 5.71. The molecule has 1 fully saturated rings. The van der Waals surface area contributed by atoms with Crippen LogP contribution in [0.15, 0.2) is 18.3 Å². The second kappa shape index (κ2) is 6.19. The van der Waals surface area contributed by atoms with E-state index in [4.69, 9.17) is 10.5 Å². The van der Waals surface area contributed by atoms with E-state index >= 15 is 0 Å². The first kappa shape index (κ1) is 14.7. The third-order valence-corrected chi connectivity index (χ3v) is 3.20. The lowest BCUT2D eigenvalue weighted by Gasteiger charge is -2.36. The zero-order valence-corrected chi connectivity index (χ0v) is 12.2. The SMILES string of the molecule is CC1CN(c2ccc(NC(=O)C(C)N)nc2)CC(C)O1. The van der Waals surface area contributed by atoms with Gasteiger partial charge in [0.1, 0.15) is 5.82 Å². The second-order valence-electron chi connectivity index (χ2n) is 5.34. The Labute approximate surface area is 119 Å². The quantitative estimate of drug-likeness (QED) is 0.861. The molecule has 110 valence electrons. The van der Waals surface area contributed by atoms with Gasteiger partial charge in [-0.05, 0) is 32.9 Å². The molecule has 0 radical (unpaired) electrons. The van der Waals surface area contributed by atoms with Crippen molar-refractivity contribution in [2.75, 3.05) is 23.3 Å². The number of amides is 1. The van der Waals surface area contributed by atoms with Crippen LogP contribution in [0, 0.1) is 0 Å². The van der Waals surface area contributed by atoms with Crippen molar-refractivity contribution in [2.45, 2.75) is 39.0 Å². The molecule has 0 saturated carbocycles. The van der Waals surface area contributed by atoms with Gasteiger partial charge in [0, 0.05) is 13.1 Å². The van der Waals surface area contributed by atoms with Gasteiger partial charge in [-0.15, -0.1) is 0 Å². The molecule has 20 heavy (non-hydrogen) atoms. The van der Waals surface area contributed by atoms with E-state index in [1.54, 1.807) is 19.2 Å². The molecule has 6 heteroatoms. The predicted molar refractivity (Wildman–Crippen MR) is 78.7 cm³/mol. The predicted octanol–water partition coefficient (Wildman–Crippen LogP) is 0.981. The lowest BCUT2D eigenvalue weighted by atomic mass is 10.2. The maximum Gasteiger partial charge on any atom is 0.242 e. The van der Waals surface area contributed by atoms with Crippen LogP contribution in [0.25, 0.3) is 0 Å². The van der Waals surface area contributed by atoms with E-state index in [1.165, 1.54) is 0 Å². The van der Waals surface area contributed by atoms with Crippen LogP contribution >= 0.6 is 0 Å². The van der Waals surface area contributed by atoms with E-state index < -0.39 is 6.04 Å². The number of morpholine rings is 1. The molecule has 0 aliphatic carbocycles. The Bertz CT molecular complexity index is 451. The Morgan fingerprint density at radius 2 is 2.10 bits per heavy atom. The molecular weight excluding hydrogens is 256 g/mol. The summed E-state index contributed by atoms with van der Waals surface area (Å²) in [5.74, 6) is 0.282. The molecule has 0 aromatic carbocycles.